The zero-order valence-corrected chi connectivity index (χ0v) is 16.2. The Morgan fingerprint density at radius 3 is 2.74 bits per heavy atom. The highest BCUT2D eigenvalue weighted by Crippen LogP contribution is 2.36. The Labute approximate surface area is 161 Å². The Morgan fingerprint density at radius 1 is 1.22 bits per heavy atom. The standard InChI is InChI=1S/C20H30N4O3/c1-25-16-5-6-18(22-13-16)20(7-9-21-10-8-20)19-23-26-15-17(27-19)14-24-11-3-2-4-12-24/h5-6,13,17,21H,2-4,7-12,14-15H2,1H3. The van der Waals surface area contributed by atoms with Crippen molar-refractivity contribution in [3.8, 4) is 5.75 Å². The molecule has 0 saturated carbocycles. The van der Waals surface area contributed by atoms with Crippen LogP contribution in [0.5, 0.6) is 5.75 Å². The van der Waals surface area contributed by atoms with Crippen LogP contribution in [0.2, 0.25) is 0 Å². The van der Waals surface area contributed by atoms with E-state index < -0.39 is 0 Å². The Bertz CT molecular complexity index is 637. The predicted octanol–water partition coefficient (Wildman–Crippen LogP) is 1.93. The van der Waals surface area contributed by atoms with Crippen molar-refractivity contribution in [3.63, 3.8) is 0 Å². The molecule has 1 aromatic rings. The molecule has 0 aromatic carbocycles. The summed E-state index contributed by atoms with van der Waals surface area (Å²) in [5, 5.41) is 7.80. The number of likely N-dealkylation sites (tertiary alicyclic amines) is 1. The highest BCUT2D eigenvalue weighted by atomic mass is 16.7. The van der Waals surface area contributed by atoms with E-state index >= 15 is 0 Å². The second-order valence-electron chi connectivity index (χ2n) is 7.71. The first-order valence-corrected chi connectivity index (χ1v) is 10.1. The van der Waals surface area contributed by atoms with Crippen molar-refractivity contribution >= 4 is 5.90 Å². The third-order valence-corrected chi connectivity index (χ3v) is 5.93. The maximum atomic E-state index is 6.43. The summed E-state index contributed by atoms with van der Waals surface area (Å²) in [6.45, 7) is 5.55. The van der Waals surface area contributed by atoms with E-state index in [4.69, 9.17) is 14.3 Å². The van der Waals surface area contributed by atoms with Gasteiger partial charge in [0.05, 0.1) is 24.4 Å². The third-order valence-electron chi connectivity index (χ3n) is 5.93. The van der Waals surface area contributed by atoms with E-state index in [1.165, 1.54) is 19.3 Å². The minimum absolute atomic E-state index is 0.0283. The molecule has 3 aliphatic heterocycles. The molecule has 0 spiro atoms. The minimum atomic E-state index is -0.335. The van der Waals surface area contributed by atoms with E-state index in [2.05, 4.69) is 20.4 Å². The Balaban J connectivity index is 1.53. The van der Waals surface area contributed by atoms with Gasteiger partial charge in [-0.05, 0) is 64.0 Å². The van der Waals surface area contributed by atoms with Gasteiger partial charge in [-0.1, -0.05) is 11.6 Å². The fraction of sp³-hybridized carbons (Fsp3) is 0.700. The number of nitrogens with zero attached hydrogens (tertiary/aromatic N) is 3. The second-order valence-corrected chi connectivity index (χ2v) is 7.71. The molecule has 0 bridgehead atoms. The average Bonchev–Trinajstić information content (AvgIpc) is 2.75. The Morgan fingerprint density at radius 2 is 2.04 bits per heavy atom. The van der Waals surface area contributed by atoms with Crippen LogP contribution in [0.1, 0.15) is 37.8 Å². The van der Waals surface area contributed by atoms with E-state index in [1.807, 2.05) is 12.1 Å². The Kier molecular flexibility index (Phi) is 5.78. The number of methoxy groups -OCH3 is 1. The van der Waals surface area contributed by atoms with Crippen LogP contribution in [0.3, 0.4) is 0 Å². The van der Waals surface area contributed by atoms with Crippen molar-refractivity contribution < 1.29 is 14.3 Å². The van der Waals surface area contributed by atoms with Crippen LogP contribution in [0.15, 0.2) is 23.5 Å². The van der Waals surface area contributed by atoms with Crippen LogP contribution in [0.4, 0.5) is 0 Å². The van der Waals surface area contributed by atoms with Crippen LogP contribution in [0, 0.1) is 0 Å². The normalized spacial score (nSPS) is 25.8. The quantitative estimate of drug-likeness (QED) is 0.849. The van der Waals surface area contributed by atoms with Gasteiger partial charge >= 0.3 is 0 Å². The van der Waals surface area contributed by atoms with Gasteiger partial charge in [-0.25, -0.2) is 0 Å². The minimum Gasteiger partial charge on any atom is -0.495 e. The molecule has 148 valence electrons. The van der Waals surface area contributed by atoms with Crippen molar-refractivity contribution in [2.24, 2.45) is 5.16 Å². The predicted molar refractivity (Wildman–Crippen MR) is 103 cm³/mol. The lowest BCUT2D eigenvalue weighted by atomic mass is 9.75. The molecule has 0 aliphatic carbocycles. The third kappa shape index (κ3) is 4.04. The van der Waals surface area contributed by atoms with Crippen molar-refractivity contribution in [3.05, 3.63) is 24.0 Å². The van der Waals surface area contributed by atoms with Crippen LogP contribution in [-0.2, 0) is 15.0 Å². The van der Waals surface area contributed by atoms with E-state index in [0.717, 1.165) is 57.0 Å². The molecule has 1 N–H and O–H groups in total. The van der Waals surface area contributed by atoms with E-state index in [-0.39, 0.29) is 11.5 Å². The zero-order chi connectivity index (χ0) is 18.5. The summed E-state index contributed by atoms with van der Waals surface area (Å²) in [5.74, 6) is 1.45. The molecule has 27 heavy (non-hydrogen) atoms. The highest BCUT2D eigenvalue weighted by Gasteiger charge is 2.45. The summed E-state index contributed by atoms with van der Waals surface area (Å²) >= 11 is 0. The topological polar surface area (TPSA) is 68.2 Å². The second kappa shape index (κ2) is 8.44. The molecule has 7 nitrogen and oxygen atoms in total. The van der Waals surface area contributed by atoms with Gasteiger partial charge in [0.1, 0.15) is 11.9 Å². The summed E-state index contributed by atoms with van der Waals surface area (Å²) in [7, 11) is 1.66. The highest BCUT2D eigenvalue weighted by molar-refractivity contribution is 5.88. The number of hydrogen-bond acceptors (Lipinski definition) is 7. The summed E-state index contributed by atoms with van der Waals surface area (Å²) in [4.78, 5) is 12.8. The molecule has 3 aliphatic rings. The molecule has 0 amide bonds. The van der Waals surface area contributed by atoms with Gasteiger partial charge < -0.3 is 19.6 Å². The maximum Gasteiger partial charge on any atom is 0.238 e. The van der Waals surface area contributed by atoms with Crippen LogP contribution < -0.4 is 10.1 Å². The lowest BCUT2D eigenvalue weighted by Crippen LogP contribution is -2.51. The first-order valence-electron chi connectivity index (χ1n) is 10.1. The molecule has 2 saturated heterocycles. The van der Waals surface area contributed by atoms with Crippen molar-refractivity contribution in [2.75, 3.05) is 46.4 Å². The number of oxime groups is 1. The van der Waals surface area contributed by atoms with E-state index in [0.29, 0.717) is 12.5 Å². The smallest absolute Gasteiger partial charge is 0.238 e. The number of rotatable bonds is 5. The van der Waals surface area contributed by atoms with Crippen LogP contribution in [-0.4, -0.2) is 68.3 Å². The zero-order valence-electron chi connectivity index (χ0n) is 16.2. The Hall–Kier alpha value is -1.86. The molecule has 1 aromatic heterocycles. The number of ether oxygens (including phenoxy) is 2. The number of aromatic nitrogens is 1. The van der Waals surface area contributed by atoms with E-state index in [9.17, 15) is 0 Å². The molecule has 4 heterocycles. The van der Waals surface area contributed by atoms with Gasteiger partial charge in [0.25, 0.3) is 0 Å². The van der Waals surface area contributed by atoms with Crippen molar-refractivity contribution in [2.45, 2.75) is 43.6 Å². The maximum absolute atomic E-state index is 6.43. The van der Waals surface area contributed by atoms with Gasteiger partial charge in [-0.15, -0.1) is 0 Å². The molecule has 1 atom stereocenters. The van der Waals surface area contributed by atoms with Crippen molar-refractivity contribution in [1.82, 2.24) is 15.2 Å². The van der Waals surface area contributed by atoms with Gasteiger partial charge in [-0.3, -0.25) is 9.88 Å². The number of piperidine rings is 2. The number of nitrogens with one attached hydrogen (secondary N) is 1. The molecule has 1 unspecified atom stereocenters. The molecule has 4 rings (SSSR count). The fourth-order valence-electron chi connectivity index (χ4n) is 4.33. The van der Waals surface area contributed by atoms with Crippen LogP contribution >= 0.6 is 0 Å². The molecular weight excluding hydrogens is 344 g/mol. The van der Waals surface area contributed by atoms with Gasteiger partial charge in [0.15, 0.2) is 6.61 Å². The summed E-state index contributed by atoms with van der Waals surface area (Å²) in [5.41, 5.74) is 0.642. The van der Waals surface area contributed by atoms with E-state index in [1.54, 1.807) is 13.3 Å². The average molecular weight is 374 g/mol. The molecular formula is C20H30N4O3. The number of hydrogen-bond donors (Lipinski definition) is 1. The number of pyridine rings is 1. The fourth-order valence-corrected chi connectivity index (χ4v) is 4.33. The van der Waals surface area contributed by atoms with Gasteiger partial charge in [-0.2, -0.15) is 0 Å². The molecule has 7 heteroatoms. The molecule has 0 radical (unpaired) electrons. The summed E-state index contributed by atoms with van der Waals surface area (Å²) in [6.07, 6.45) is 7.48. The summed E-state index contributed by atoms with van der Waals surface area (Å²) < 4.78 is 11.7. The van der Waals surface area contributed by atoms with Gasteiger partial charge in [0.2, 0.25) is 5.90 Å². The monoisotopic (exact) mass is 374 g/mol. The van der Waals surface area contributed by atoms with Crippen LogP contribution in [0.25, 0.3) is 0 Å². The largest absolute Gasteiger partial charge is 0.495 e. The summed E-state index contributed by atoms with van der Waals surface area (Å²) in [6, 6.07) is 3.99. The lowest BCUT2D eigenvalue weighted by Gasteiger charge is -2.40. The van der Waals surface area contributed by atoms with Gasteiger partial charge in [0, 0.05) is 6.54 Å². The SMILES string of the molecule is COc1ccc(C2(C3=NOCC(CN4CCCCC4)O3)CCNCC2)nc1. The van der Waals surface area contributed by atoms with Crippen molar-refractivity contribution in [1.29, 1.82) is 0 Å². The molecule has 2 fully saturated rings. The first-order chi connectivity index (χ1) is 13.3. The lowest BCUT2D eigenvalue weighted by molar-refractivity contribution is -0.0188. The first kappa shape index (κ1) is 18.5.